The molecule has 1 saturated heterocycles. The van der Waals surface area contributed by atoms with Crippen molar-refractivity contribution in [2.75, 3.05) is 13.2 Å². The Kier molecular flexibility index (Phi) is 3.66. The number of hydrogen-bond donors (Lipinski definition) is 0. The van der Waals surface area contributed by atoms with Gasteiger partial charge in [0.15, 0.2) is 0 Å². The number of hydrogen-bond acceptors (Lipinski definition) is 5. The predicted octanol–water partition coefficient (Wildman–Crippen LogP) is 0.906. The van der Waals surface area contributed by atoms with E-state index in [4.69, 9.17) is 14.2 Å². The second kappa shape index (κ2) is 5.04. The van der Waals surface area contributed by atoms with Crippen LogP contribution in [0.25, 0.3) is 0 Å². The average molecular weight is 242 g/mol. The molecule has 1 aliphatic carbocycles. The minimum Gasteiger partial charge on any atom is -0.466 e. The van der Waals surface area contributed by atoms with Crippen molar-refractivity contribution in [1.29, 1.82) is 0 Å². The minimum atomic E-state index is -0.405. The van der Waals surface area contributed by atoms with Crippen LogP contribution in [-0.2, 0) is 23.8 Å². The topological polar surface area (TPSA) is 65.1 Å². The lowest BCUT2D eigenvalue weighted by atomic mass is 9.79. The molecule has 0 amide bonds. The van der Waals surface area contributed by atoms with Gasteiger partial charge in [-0.3, -0.25) is 9.59 Å². The zero-order valence-electron chi connectivity index (χ0n) is 10.2. The van der Waals surface area contributed by atoms with Gasteiger partial charge in [-0.05, 0) is 26.7 Å². The summed E-state index contributed by atoms with van der Waals surface area (Å²) in [5.41, 5.74) is 0. The van der Waals surface area contributed by atoms with Gasteiger partial charge in [0.25, 0.3) is 0 Å². The molecule has 2 unspecified atom stereocenters. The molecule has 0 radical (unpaired) electrons. The molecular formula is C12H18O5. The highest BCUT2D eigenvalue weighted by Gasteiger charge is 2.53. The van der Waals surface area contributed by atoms with Crippen molar-refractivity contribution in [3.05, 3.63) is 0 Å². The molecule has 1 saturated carbocycles. The minimum absolute atomic E-state index is 0.134. The first-order valence-corrected chi connectivity index (χ1v) is 6.16. The van der Waals surface area contributed by atoms with Crippen molar-refractivity contribution in [3.63, 3.8) is 0 Å². The fourth-order valence-electron chi connectivity index (χ4n) is 2.44. The lowest BCUT2D eigenvalue weighted by molar-refractivity contribution is -0.161. The molecule has 96 valence electrons. The Morgan fingerprint density at radius 1 is 1.00 bits per heavy atom. The molecule has 0 aromatic heterocycles. The molecule has 0 aromatic carbocycles. The van der Waals surface area contributed by atoms with Crippen molar-refractivity contribution < 1.29 is 23.8 Å². The normalized spacial score (nSPS) is 34.7. The maximum Gasteiger partial charge on any atom is 0.309 e. The molecule has 2 fully saturated rings. The van der Waals surface area contributed by atoms with Gasteiger partial charge >= 0.3 is 11.9 Å². The maximum atomic E-state index is 11.8. The number of carbonyl (C=O) groups excluding carboxylic acids is 2. The monoisotopic (exact) mass is 242 g/mol. The van der Waals surface area contributed by atoms with Crippen molar-refractivity contribution in [1.82, 2.24) is 0 Å². The van der Waals surface area contributed by atoms with Crippen LogP contribution >= 0.6 is 0 Å². The van der Waals surface area contributed by atoms with Crippen molar-refractivity contribution >= 4 is 11.9 Å². The summed E-state index contributed by atoms with van der Waals surface area (Å²) in [4.78, 5) is 23.6. The maximum absolute atomic E-state index is 11.8. The Labute approximate surface area is 100 Å². The van der Waals surface area contributed by atoms with E-state index in [0.717, 1.165) is 0 Å². The van der Waals surface area contributed by atoms with E-state index in [9.17, 15) is 9.59 Å². The molecule has 17 heavy (non-hydrogen) atoms. The summed E-state index contributed by atoms with van der Waals surface area (Å²) < 4.78 is 15.4. The van der Waals surface area contributed by atoms with Gasteiger partial charge in [0.2, 0.25) is 0 Å². The van der Waals surface area contributed by atoms with Crippen LogP contribution < -0.4 is 0 Å². The van der Waals surface area contributed by atoms with Crippen LogP contribution in [0.1, 0.15) is 26.7 Å². The standard InChI is InChI=1S/C12H18O5/c1-3-15-11(13)7-5-9-10(17-9)6-8(7)12(14)16-4-2/h7-10H,3-6H2,1-2H3/t7?,8?,9-,10+. The summed E-state index contributed by atoms with van der Waals surface area (Å²) in [5.74, 6) is -1.42. The molecule has 0 spiro atoms. The van der Waals surface area contributed by atoms with Crippen LogP contribution in [-0.4, -0.2) is 37.4 Å². The number of ether oxygens (including phenoxy) is 3. The molecule has 2 aliphatic rings. The Bertz CT molecular complexity index is 284. The quantitative estimate of drug-likeness (QED) is 0.541. The van der Waals surface area contributed by atoms with E-state index in [1.165, 1.54) is 0 Å². The van der Waals surface area contributed by atoms with E-state index in [1.807, 2.05) is 0 Å². The van der Waals surface area contributed by atoms with Crippen LogP contribution in [0.3, 0.4) is 0 Å². The number of carbonyl (C=O) groups is 2. The first-order chi connectivity index (χ1) is 8.17. The van der Waals surface area contributed by atoms with E-state index < -0.39 is 11.8 Å². The molecule has 1 aliphatic heterocycles. The molecule has 5 nitrogen and oxygen atoms in total. The van der Waals surface area contributed by atoms with E-state index in [-0.39, 0.29) is 24.1 Å². The highest BCUT2D eigenvalue weighted by atomic mass is 16.6. The molecule has 4 atom stereocenters. The Morgan fingerprint density at radius 2 is 1.41 bits per heavy atom. The van der Waals surface area contributed by atoms with E-state index in [2.05, 4.69) is 0 Å². The first kappa shape index (κ1) is 12.4. The zero-order chi connectivity index (χ0) is 12.4. The van der Waals surface area contributed by atoms with Crippen LogP contribution in [0.2, 0.25) is 0 Å². The first-order valence-electron chi connectivity index (χ1n) is 6.16. The van der Waals surface area contributed by atoms with E-state index in [1.54, 1.807) is 13.8 Å². The van der Waals surface area contributed by atoms with Gasteiger partial charge in [-0.25, -0.2) is 0 Å². The molecule has 0 N–H and O–H groups in total. The van der Waals surface area contributed by atoms with Gasteiger partial charge in [0.1, 0.15) is 0 Å². The SMILES string of the molecule is CCOC(=O)C1C[C@@H]2O[C@@H]2CC1C(=O)OCC. The zero-order valence-corrected chi connectivity index (χ0v) is 10.2. The predicted molar refractivity (Wildman–Crippen MR) is 58.1 cm³/mol. The summed E-state index contributed by atoms with van der Waals surface area (Å²) >= 11 is 0. The molecule has 0 bridgehead atoms. The van der Waals surface area contributed by atoms with Crippen LogP contribution in [0.4, 0.5) is 0 Å². The fourth-order valence-corrected chi connectivity index (χ4v) is 2.44. The van der Waals surface area contributed by atoms with Gasteiger partial charge in [-0.15, -0.1) is 0 Å². The third-order valence-electron chi connectivity index (χ3n) is 3.32. The largest absolute Gasteiger partial charge is 0.466 e. The van der Waals surface area contributed by atoms with Crippen LogP contribution in [0.5, 0.6) is 0 Å². The number of esters is 2. The molecule has 5 heteroatoms. The Hall–Kier alpha value is -1.10. The Balaban J connectivity index is 2.03. The molecule has 1 heterocycles. The summed E-state index contributed by atoms with van der Waals surface area (Å²) in [6, 6.07) is 0. The average Bonchev–Trinajstić information content (AvgIpc) is 3.06. The summed E-state index contributed by atoms with van der Waals surface area (Å²) in [6.45, 7) is 4.19. The van der Waals surface area contributed by atoms with Crippen molar-refractivity contribution in [2.24, 2.45) is 11.8 Å². The van der Waals surface area contributed by atoms with Crippen molar-refractivity contribution in [3.8, 4) is 0 Å². The van der Waals surface area contributed by atoms with Gasteiger partial charge in [0.05, 0.1) is 37.3 Å². The Morgan fingerprint density at radius 3 is 1.76 bits per heavy atom. The van der Waals surface area contributed by atoms with Gasteiger partial charge in [-0.1, -0.05) is 0 Å². The number of rotatable bonds is 4. The highest BCUT2D eigenvalue weighted by Crippen LogP contribution is 2.43. The lowest BCUT2D eigenvalue weighted by Gasteiger charge is -2.25. The third-order valence-corrected chi connectivity index (χ3v) is 3.32. The highest BCUT2D eigenvalue weighted by molar-refractivity contribution is 5.82. The second-order valence-corrected chi connectivity index (χ2v) is 4.40. The van der Waals surface area contributed by atoms with E-state index in [0.29, 0.717) is 26.1 Å². The number of epoxide rings is 1. The van der Waals surface area contributed by atoms with Crippen LogP contribution in [0.15, 0.2) is 0 Å². The lowest BCUT2D eigenvalue weighted by Crippen LogP contribution is -2.37. The fraction of sp³-hybridized carbons (Fsp3) is 0.833. The second-order valence-electron chi connectivity index (χ2n) is 4.40. The van der Waals surface area contributed by atoms with Crippen molar-refractivity contribution in [2.45, 2.75) is 38.9 Å². The van der Waals surface area contributed by atoms with E-state index >= 15 is 0 Å². The smallest absolute Gasteiger partial charge is 0.309 e. The van der Waals surface area contributed by atoms with Gasteiger partial charge < -0.3 is 14.2 Å². The summed E-state index contributed by atoms with van der Waals surface area (Å²) in [7, 11) is 0. The number of fused-ring (bicyclic) bond motifs is 1. The molecule has 0 aromatic rings. The third kappa shape index (κ3) is 2.60. The van der Waals surface area contributed by atoms with Crippen LogP contribution in [0, 0.1) is 11.8 Å². The van der Waals surface area contributed by atoms with Gasteiger partial charge in [-0.2, -0.15) is 0 Å². The van der Waals surface area contributed by atoms with Gasteiger partial charge in [0, 0.05) is 0 Å². The summed E-state index contributed by atoms with van der Waals surface area (Å²) in [6.07, 6.45) is 1.42. The summed E-state index contributed by atoms with van der Waals surface area (Å²) in [5, 5.41) is 0. The molecule has 2 rings (SSSR count). The molecular weight excluding hydrogens is 224 g/mol.